The predicted molar refractivity (Wildman–Crippen MR) is 192 cm³/mol. The molecule has 11 heteroatoms. The van der Waals surface area contributed by atoms with Gasteiger partial charge in [0.1, 0.15) is 22.7 Å². The van der Waals surface area contributed by atoms with E-state index in [0.29, 0.717) is 63.4 Å². The standard InChI is InChI=1S/C39H44FN7O3/c1-22-19-29-34(33(40)31(22)28-14-9-12-25-11-8-13-26(21-41)32(25)28)42-37(49-24(3)30-15-10-17-45(30)7)35-36(29)47(44-43-35)27-16-18-46(23(2)20-27)38(48)50-39(4,5)6/h8-9,11-14,19,23-24,27,30H,10,15-18,20H2,1-7H3/t23-,24+,27+,30+/m1/s1. The summed E-state index contributed by atoms with van der Waals surface area (Å²) < 4.78 is 31.4. The third kappa shape index (κ3) is 5.89. The Hall–Kier alpha value is -4.82. The van der Waals surface area contributed by atoms with E-state index in [1.165, 1.54) is 0 Å². The zero-order valence-corrected chi connectivity index (χ0v) is 29.8. The lowest BCUT2D eigenvalue weighted by atomic mass is 9.91. The monoisotopic (exact) mass is 677 g/mol. The highest BCUT2D eigenvalue weighted by Gasteiger charge is 2.35. The van der Waals surface area contributed by atoms with Gasteiger partial charge in [-0.3, -0.25) is 4.90 Å². The van der Waals surface area contributed by atoms with Crippen LogP contribution in [0, 0.1) is 24.1 Å². The zero-order chi connectivity index (χ0) is 35.5. The van der Waals surface area contributed by atoms with E-state index in [-0.39, 0.29) is 41.7 Å². The summed E-state index contributed by atoms with van der Waals surface area (Å²) in [5.41, 5.74) is 2.92. The lowest BCUT2D eigenvalue weighted by Gasteiger charge is -2.38. The zero-order valence-electron chi connectivity index (χ0n) is 29.8. The first kappa shape index (κ1) is 33.7. The van der Waals surface area contributed by atoms with Crippen LogP contribution in [0.4, 0.5) is 9.18 Å². The SMILES string of the molecule is Cc1cc2c(nc(O[C@@H](C)[C@@H]3CCCN3C)c3nnn([C@H]4CCN(C(=O)OC(C)(C)C)[C@H](C)C4)c32)c(F)c1-c1cccc2cccc(C#N)c12. The Labute approximate surface area is 291 Å². The van der Waals surface area contributed by atoms with E-state index in [4.69, 9.17) is 14.5 Å². The van der Waals surface area contributed by atoms with Crippen molar-refractivity contribution in [2.45, 2.75) is 97.1 Å². The van der Waals surface area contributed by atoms with Crippen molar-refractivity contribution in [3.8, 4) is 23.1 Å². The summed E-state index contributed by atoms with van der Waals surface area (Å²) in [5.74, 6) is -0.242. The van der Waals surface area contributed by atoms with Crippen molar-refractivity contribution in [1.82, 2.24) is 29.8 Å². The molecule has 260 valence electrons. The van der Waals surface area contributed by atoms with Crippen LogP contribution in [0.2, 0.25) is 0 Å². The van der Waals surface area contributed by atoms with Gasteiger partial charge < -0.3 is 14.4 Å². The number of aromatic nitrogens is 4. The van der Waals surface area contributed by atoms with Crippen molar-refractivity contribution in [2.75, 3.05) is 20.1 Å². The number of nitriles is 1. The molecule has 3 aromatic carbocycles. The molecule has 2 aromatic heterocycles. The van der Waals surface area contributed by atoms with Crippen molar-refractivity contribution >= 4 is 38.8 Å². The molecule has 5 aromatic rings. The second-order valence-corrected chi connectivity index (χ2v) is 15.0. The minimum absolute atomic E-state index is 0.107. The average Bonchev–Trinajstić information content (AvgIpc) is 3.71. The topological polar surface area (TPSA) is 109 Å². The number of nitrogens with zero attached hydrogens (tertiary/aromatic N) is 7. The van der Waals surface area contributed by atoms with Crippen molar-refractivity contribution in [1.29, 1.82) is 5.26 Å². The average molecular weight is 678 g/mol. The maximum Gasteiger partial charge on any atom is 0.410 e. The fourth-order valence-corrected chi connectivity index (χ4v) is 7.96. The highest BCUT2D eigenvalue weighted by molar-refractivity contribution is 6.08. The molecule has 2 aliphatic heterocycles. The van der Waals surface area contributed by atoms with Crippen LogP contribution in [0.5, 0.6) is 5.88 Å². The van der Waals surface area contributed by atoms with Gasteiger partial charge in [-0.15, -0.1) is 5.10 Å². The number of likely N-dealkylation sites (N-methyl/N-ethyl adjacent to an activating group) is 1. The maximum absolute atomic E-state index is 17.3. The highest BCUT2D eigenvalue weighted by Crippen LogP contribution is 2.42. The normalized spacial score (nSPS) is 20.8. The summed E-state index contributed by atoms with van der Waals surface area (Å²) >= 11 is 0. The van der Waals surface area contributed by atoms with Gasteiger partial charge in [-0.1, -0.05) is 35.5 Å². The summed E-state index contributed by atoms with van der Waals surface area (Å²) in [6, 6.07) is 15.4. The molecule has 2 fully saturated rings. The van der Waals surface area contributed by atoms with Gasteiger partial charge in [0, 0.05) is 35.0 Å². The summed E-state index contributed by atoms with van der Waals surface area (Å²) in [7, 11) is 2.09. The number of hydrogen-bond acceptors (Lipinski definition) is 8. The number of carbonyl (C=O) groups excluding carboxylic acids is 1. The lowest BCUT2D eigenvalue weighted by Crippen LogP contribution is -2.47. The Kier molecular flexibility index (Phi) is 8.63. The number of piperidine rings is 1. The largest absolute Gasteiger partial charge is 0.471 e. The van der Waals surface area contributed by atoms with Gasteiger partial charge in [-0.2, -0.15) is 5.26 Å². The van der Waals surface area contributed by atoms with Gasteiger partial charge in [0.2, 0.25) is 5.88 Å². The van der Waals surface area contributed by atoms with Gasteiger partial charge in [0.15, 0.2) is 11.3 Å². The van der Waals surface area contributed by atoms with E-state index in [1.807, 2.05) is 82.6 Å². The fraction of sp³-hybridized carbons (Fsp3) is 0.462. The molecule has 4 atom stereocenters. The van der Waals surface area contributed by atoms with Crippen LogP contribution in [-0.4, -0.2) is 79.8 Å². The number of likely N-dealkylation sites (tertiary alicyclic amines) is 2. The van der Waals surface area contributed by atoms with Crippen LogP contribution in [0.1, 0.15) is 77.5 Å². The molecule has 50 heavy (non-hydrogen) atoms. The summed E-state index contributed by atoms with van der Waals surface area (Å²) in [4.78, 5) is 21.9. The predicted octanol–water partition coefficient (Wildman–Crippen LogP) is 7.94. The second-order valence-electron chi connectivity index (χ2n) is 15.0. The molecule has 0 spiro atoms. The van der Waals surface area contributed by atoms with Crippen LogP contribution in [-0.2, 0) is 4.74 Å². The van der Waals surface area contributed by atoms with Crippen molar-refractivity contribution in [3.05, 3.63) is 59.4 Å². The Balaban J connectivity index is 1.39. The first-order valence-electron chi connectivity index (χ1n) is 17.5. The number of pyridine rings is 1. The minimum Gasteiger partial charge on any atom is -0.471 e. The molecule has 0 N–H and O–H groups in total. The van der Waals surface area contributed by atoms with E-state index >= 15 is 4.39 Å². The highest BCUT2D eigenvalue weighted by atomic mass is 19.1. The number of benzene rings is 3. The molecule has 0 unspecified atom stereocenters. The van der Waals surface area contributed by atoms with Crippen LogP contribution < -0.4 is 4.74 Å². The molecule has 0 bridgehead atoms. The van der Waals surface area contributed by atoms with Gasteiger partial charge >= 0.3 is 6.09 Å². The number of amides is 1. The van der Waals surface area contributed by atoms with E-state index < -0.39 is 11.4 Å². The number of halogens is 1. The first-order chi connectivity index (χ1) is 23.9. The van der Waals surface area contributed by atoms with E-state index in [0.717, 1.165) is 24.8 Å². The van der Waals surface area contributed by atoms with E-state index in [1.54, 1.807) is 11.0 Å². The number of hydrogen-bond donors (Lipinski definition) is 0. The molecular formula is C39H44FN7O3. The third-order valence-corrected chi connectivity index (χ3v) is 10.3. The Morgan fingerprint density at radius 1 is 1.12 bits per heavy atom. The molecule has 2 saturated heterocycles. The van der Waals surface area contributed by atoms with Gasteiger partial charge in [-0.05, 0) is 109 Å². The summed E-state index contributed by atoms with van der Waals surface area (Å²) in [5, 5.41) is 21.4. The van der Waals surface area contributed by atoms with Gasteiger partial charge in [0.05, 0.1) is 17.7 Å². The van der Waals surface area contributed by atoms with Gasteiger partial charge in [0.25, 0.3) is 0 Å². The maximum atomic E-state index is 17.3. The number of fused-ring (bicyclic) bond motifs is 4. The minimum atomic E-state index is -0.592. The van der Waals surface area contributed by atoms with Crippen LogP contribution in [0.25, 0.3) is 43.8 Å². The van der Waals surface area contributed by atoms with E-state index in [9.17, 15) is 10.1 Å². The van der Waals surface area contributed by atoms with Crippen LogP contribution in [0.3, 0.4) is 0 Å². The number of carbonyl (C=O) groups is 1. The van der Waals surface area contributed by atoms with Crippen LogP contribution in [0.15, 0.2) is 42.5 Å². The summed E-state index contributed by atoms with van der Waals surface area (Å²) in [6.45, 7) is 13.0. The van der Waals surface area contributed by atoms with Crippen molar-refractivity contribution in [2.24, 2.45) is 0 Å². The quantitative estimate of drug-likeness (QED) is 0.185. The second kappa shape index (κ2) is 12.8. The van der Waals surface area contributed by atoms with Crippen molar-refractivity contribution in [3.63, 3.8) is 0 Å². The fourth-order valence-electron chi connectivity index (χ4n) is 7.96. The molecule has 7 rings (SSSR count). The number of ether oxygens (including phenoxy) is 2. The number of aryl methyl sites for hydroxylation is 1. The Bertz CT molecular complexity index is 2160. The molecule has 2 aliphatic rings. The Morgan fingerprint density at radius 3 is 2.56 bits per heavy atom. The Morgan fingerprint density at radius 2 is 1.88 bits per heavy atom. The molecule has 0 saturated carbocycles. The molecule has 1 amide bonds. The molecular weight excluding hydrogens is 633 g/mol. The molecule has 4 heterocycles. The van der Waals surface area contributed by atoms with E-state index in [2.05, 4.69) is 28.3 Å². The number of rotatable bonds is 5. The molecule has 10 nitrogen and oxygen atoms in total. The molecule has 0 radical (unpaired) electrons. The molecule has 0 aliphatic carbocycles. The van der Waals surface area contributed by atoms with Crippen LogP contribution >= 0.6 is 0 Å². The third-order valence-electron chi connectivity index (χ3n) is 10.3. The summed E-state index contributed by atoms with van der Waals surface area (Å²) in [6.07, 6.45) is 2.77. The van der Waals surface area contributed by atoms with Crippen molar-refractivity contribution < 1.29 is 18.7 Å². The van der Waals surface area contributed by atoms with Gasteiger partial charge in [-0.25, -0.2) is 18.9 Å². The lowest BCUT2D eigenvalue weighted by molar-refractivity contribution is 0.00744. The first-order valence-corrected chi connectivity index (χ1v) is 17.5. The smallest absolute Gasteiger partial charge is 0.410 e.